The molecule has 2 nitrogen and oxygen atoms in total. The van der Waals surface area contributed by atoms with Gasteiger partial charge in [0.25, 0.3) is 0 Å². The van der Waals surface area contributed by atoms with E-state index in [1.165, 1.54) is 0 Å². The number of nitrogens with zero attached hydrogens (tertiary/aromatic N) is 1. The van der Waals surface area contributed by atoms with Crippen molar-refractivity contribution in [2.45, 2.75) is 50.9 Å². The second-order valence-electron chi connectivity index (χ2n) is 4.62. The fourth-order valence-electron chi connectivity index (χ4n) is 2.10. The lowest BCUT2D eigenvalue weighted by Gasteiger charge is -2.35. The molecule has 1 saturated heterocycles. The molecule has 14 heavy (non-hydrogen) atoms. The Morgan fingerprint density at radius 1 is 1.50 bits per heavy atom. The van der Waals surface area contributed by atoms with Crippen LogP contribution in [0.3, 0.4) is 0 Å². The number of hydrogen-bond acceptors (Lipinski definition) is 1. The fourth-order valence-corrected chi connectivity index (χ4v) is 2.69. The Morgan fingerprint density at radius 3 is 2.71 bits per heavy atom. The lowest BCUT2D eigenvalue weighted by Crippen LogP contribution is -2.47. The number of carbonyl (C=O) groups is 1. The molecule has 0 aromatic rings. The highest BCUT2D eigenvalue weighted by Crippen LogP contribution is 2.22. The number of alkyl halides is 1. The zero-order valence-electron chi connectivity index (χ0n) is 9.29. The molecule has 82 valence electrons. The average molecular weight is 262 g/mol. The van der Waals surface area contributed by atoms with Gasteiger partial charge in [-0.05, 0) is 32.1 Å². The van der Waals surface area contributed by atoms with Crippen molar-refractivity contribution >= 4 is 21.8 Å². The molecule has 3 heteroatoms. The van der Waals surface area contributed by atoms with Crippen molar-refractivity contribution in [3.8, 4) is 0 Å². The van der Waals surface area contributed by atoms with Gasteiger partial charge in [0.15, 0.2) is 0 Å². The van der Waals surface area contributed by atoms with E-state index in [9.17, 15) is 4.79 Å². The first-order valence-corrected chi connectivity index (χ1v) is 6.38. The van der Waals surface area contributed by atoms with Gasteiger partial charge in [-0.3, -0.25) is 4.79 Å². The molecule has 1 amide bonds. The van der Waals surface area contributed by atoms with E-state index in [1.54, 1.807) is 0 Å². The summed E-state index contributed by atoms with van der Waals surface area (Å²) in [7, 11) is 0. The van der Waals surface area contributed by atoms with E-state index < -0.39 is 0 Å². The SMILES string of the molecule is CC(C)CC(C)N1CCCC(Br)C1=O. The smallest absolute Gasteiger partial charge is 0.236 e. The number of hydrogen-bond donors (Lipinski definition) is 0. The summed E-state index contributed by atoms with van der Waals surface area (Å²) >= 11 is 3.44. The maximum atomic E-state index is 11.8. The molecule has 0 N–H and O–H groups in total. The van der Waals surface area contributed by atoms with Crippen molar-refractivity contribution in [2.24, 2.45) is 5.92 Å². The van der Waals surface area contributed by atoms with Crippen molar-refractivity contribution < 1.29 is 4.79 Å². The summed E-state index contributed by atoms with van der Waals surface area (Å²) < 4.78 is 0. The standard InChI is InChI=1S/C11H20BrNO/c1-8(2)7-9(3)13-6-4-5-10(12)11(13)14/h8-10H,4-7H2,1-3H3. The number of carbonyl (C=O) groups excluding carboxylic acids is 1. The van der Waals surface area contributed by atoms with Crippen LogP contribution in [-0.4, -0.2) is 28.2 Å². The lowest BCUT2D eigenvalue weighted by molar-refractivity contribution is -0.134. The quantitative estimate of drug-likeness (QED) is 0.716. The van der Waals surface area contributed by atoms with Crippen molar-refractivity contribution in [3.05, 3.63) is 0 Å². The number of rotatable bonds is 3. The summed E-state index contributed by atoms with van der Waals surface area (Å²) in [5.74, 6) is 0.943. The summed E-state index contributed by atoms with van der Waals surface area (Å²) in [4.78, 5) is 13.9. The van der Waals surface area contributed by atoms with Crippen molar-refractivity contribution in [1.29, 1.82) is 0 Å². The molecule has 0 aromatic carbocycles. The molecule has 0 bridgehead atoms. The van der Waals surface area contributed by atoms with Gasteiger partial charge < -0.3 is 4.90 Å². The van der Waals surface area contributed by atoms with E-state index in [1.807, 2.05) is 4.90 Å². The second-order valence-corrected chi connectivity index (χ2v) is 5.73. The molecule has 1 heterocycles. The average Bonchev–Trinajstić information content (AvgIpc) is 2.08. The van der Waals surface area contributed by atoms with Crippen molar-refractivity contribution in [1.82, 2.24) is 4.90 Å². The summed E-state index contributed by atoms with van der Waals surface area (Å²) in [5, 5.41) is 0. The monoisotopic (exact) mass is 261 g/mol. The van der Waals surface area contributed by atoms with Gasteiger partial charge in [0.2, 0.25) is 5.91 Å². The van der Waals surface area contributed by atoms with E-state index in [0.29, 0.717) is 12.0 Å². The Morgan fingerprint density at radius 2 is 2.14 bits per heavy atom. The van der Waals surface area contributed by atoms with E-state index in [-0.39, 0.29) is 10.7 Å². The molecule has 0 radical (unpaired) electrons. The van der Waals surface area contributed by atoms with Crippen LogP contribution in [0.4, 0.5) is 0 Å². The topological polar surface area (TPSA) is 20.3 Å². The van der Waals surface area contributed by atoms with Crippen LogP contribution >= 0.6 is 15.9 Å². The predicted octanol–water partition coefficient (Wildman–Crippen LogP) is 2.81. The maximum absolute atomic E-state index is 11.8. The van der Waals surface area contributed by atoms with Crippen LogP contribution < -0.4 is 0 Å². The first-order valence-electron chi connectivity index (χ1n) is 5.47. The third kappa shape index (κ3) is 2.97. The van der Waals surface area contributed by atoms with E-state index >= 15 is 0 Å². The van der Waals surface area contributed by atoms with Gasteiger partial charge in [-0.25, -0.2) is 0 Å². The molecule has 0 saturated carbocycles. The first-order chi connectivity index (χ1) is 6.52. The van der Waals surface area contributed by atoms with Crippen molar-refractivity contribution in [3.63, 3.8) is 0 Å². The number of piperidine rings is 1. The lowest BCUT2D eigenvalue weighted by atomic mass is 10.0. The zero-order chi connectivity index (χ0) is 10.7. The molecule has 0 aromatic heterocycles. The molecule has 1 fully saturated rings. The summed E-state index contributed by atoms with van der Waals surface area (Å²) in [6.45, 7) is 7.50. The van der Waals surface area contributed by atoms with Gasteiger partial charge in [-0.2, -0.15) is 0 Å². The highest BCUT2D eigenvalue weighted by atomic mass is 79.9. The first kappa shape index (κ1) is 12.0. The predicted molar refractivity (Wildman–Crippen MR) is 62.6 cm³/mol. The van der Waals surface area contributed by atoms with Crippen LogP contribution in [0.25, 0.3) is 0 Å². The van der Waals surface area contributed by atoms with Gasteiger partial charge in [-0.1, -0.05) is 29.8 Å². The summed E-state index contributed by atoms with van der Waals surface area (Å²) in [5.41, 5.74) is 0. The molecule has 0 spiro atoms. The zero-order valence-corrected chi connectivity index (χ0v) is 10.9. The minimum atomic E-state index is 0.0610. The Hall–Kier alpha value is -0.0500. The number of halogens is 1. The van der Waals surface area contributed by atoms with Crippen LogP contribution in [0.5, 0.6) is 0 Å². The van der Waals surface area contributed by atoms with Crippen LogP contribution in [-0.2, 0) is 4.79 Å². The fraction of sp³-hybridized carbons (Fsp3) is 0.909. The van der Waals surface area contributed by atoms with E-state index in [2.05, 4.69) is 36.7 Å². The van der Waals surface area contributed by atoms with Crippen molar-refractivity contribution in [2.75, 3.05) is 6.54 Å². The molecule has 2 unspecified atom stereocenters. The third-order valence-electron chi connectivity index (χ3n) is 2.75. The van der Waals surface area contributed by atoms with Gasteiger partial charge in [0.05, 0.1) is 4.83 Å². The minimum absolute atomic E-state index is 0.0610. The van der Waals surface area contributed by atoms with Crippen LogP contribution in [0, 0.1) is 5.92 Å². The number of amides is 1. The molecule has 1 aliphatic heterocycles. The van der Waals surface area contributed by atoms with Crippen LogP contribution in [0.1, 0.15) is 40.0 Å². The molecule has 1 aliphatic rings. The van der Waals surface area contributed by atoms with Gasteiger partial charge >= 0.3 is 0 Å². The van der Waals surface area contributed by atoms with Crippen LogP contribution in [0.15, 0.2) is 0 Å². The van der Waals surface area contributed by atoms with Gasteiger partial charge in [-0.15, -0.1) is 0 Å². The Balaban J connectivity index is 2.53. The van der Waals surface area contributed by atoms with E-state index in [0.717, 1.165) is 25.8 Å². The van der Waals surface area contributed by atoms with E-state index in [4.69, 9.17) is 0 Å². The molecule has 0 aliphatic carbocycles. The molecule has 1 rings (SSSR count). The highest BCUT2D eigenvalue weighted by molar-refractivity contribution is 9.10. The van der Waals surface area contributed by atoms with Gasteiger partial charge in [0, 0.05) is 12.6 Å². The normalized spacial score (nSPS) is 25.6. The Kier molecular flexibility index (Phi) is 4.42. The van der Waals surface area contributed by atoms with Crippen LogP contribution in [0.2, 0.25) is 0 Å². The highest BCUT2D eigenvalue weighted by Gasteiger charge is 2.29. The maximum Gasteiger partial charge on any atom is 0.236 e. The molecular weight excluding hydrogens is 242 g/mol. The number of likely N-dealkylation sites (tertiary alicyclic amines) is 1. The molecule has 2 atom stereocenters. The second kappa shape index (κ2) is 5.15. The minimum Gasteiger partial charge on any atom is -0.339 e. The summed E-state index contributed by atoms with van der Waals surface area (Å²) in [6.07, 6.45) is 3.22. The largest absolute Gasteiger partial charge is 0.339 e. The third-order valence-corrected chi connectivity index (χ3v) is 3.60. The molecular formula is C11H20BrNO. The summed E-state index contributed by atoms with van der Waals surface area (Å²) in [6, 6.07) is 0.392. The Labute approximate surface area is 95.2 Å². The van der Waals surface area contributed by atoms with Gasteiger partial charge in [0.1, 0.15) is 0 Å². The Bertz CT molecular complexity index is 205.